The molecule has 3 rings (SSSR count). The molecule has 0 unspecified atom stereocenters. The zero-order chi connectivity index (χ0) is 21.1. The molecule has 29 heavy (non-hydrogen) atoms. The van der Waals surface area contributed by atoms with Crippen molar-refractivity contribution in [3.05, 3.63) is 68.8 Å². The van der Waals surface area contributed by atoms with E-state index in [-0.39, 0.29) is 29.6 Å². The van der Waals surface area contributed by atoms with E-state index in [9.17, 15) is 19.7 Å². The molecule has 0 aromatic heterocycles. The normalized spacial score (nSPS) is 13.3. The molecule has 0 bridgehead atoms. The third kappa shape index (κ3) is 4.43. The molecule has 0 aliphatic carbocycles. The summed E-state index contributed by atoms with van der Waals surface area (Å²) in [5.74, 6) is -0.489. The van der Waals surface area contributed by atoms with Gasteiger partial charge >= 0.3 is 5.97 Å². The molecule has 0 N–H and O–H groups in total. The van der Waals surface area contributed by atoms with Crippen molar-refractivity contribution in [2.45, 2.75) is 26.9 Å². The highest BCUT2D eigenvalue weighted by molar-refractivity contribution is 6.02. The lowest BCUT2D eigenvalue weighted by molar-refractivity contribution is -0.385. The molecule has 0 saturated heterocycles. The molecule has 1 aliphatic heterocycles. The number of aryl methyl sites for hydroxylation is 2. The van der Waals surface area contributed by atoms with Crippen LogP contribution in [0.5, 0.6) is 11.5 Å². The van der Waals surface area contributed by atoms with Gasteiger partial charge in [0.25, 0.3) is 5.69 Å². The maximum atomic E-state index is 12.6. The van der Waals surface area contributed by atoms with Gasteiger partial charge in [-0.15, -0.1) is 0 Å². The number of fused-ring (bicyclic) bond motifs is 1. The fourth-order valence-electron chi connectivity index (χ4n) is 2.88. The Labute approximate surface area is 166 Å². The lowest BCUT2D eigenvalue weighted by Crippen LogP contribution is -2.24. The van der Waals surface area contributed by atoms with Crippen molar-refractivity contribution in [3.8, 4) is 11.5 Å². The van der Waals surface area contributed by atoms with E-state index < -0.39 is 17.0 Å². The summed E-state index contributed by atoms with van der Waals surface area (Å²) >= 11 is 0. The number of nitro groups is 1. The molecule has 0 amide bonds. The fourth-order valence-corrected chi connectivity index (χ4v) is 2.88. The molecule has 2 aromatic rings. The lowest BCUT2D eigenvalue weighted by Gasteiger charge is -2.13. The average Bonchev–Trinajstić information content (AvgIpc) is 3.14. The smallest absolute Gasteiger partial charge is 0.331 e. The molecule has 1 aliphatic rings. The number of nitrogens with zero attached hydrogens (tertiary/aromatic N) is 1. The van der Waals surface area contributed by atoms with Crippen molar-refractivity contribution < 1.29 is 28.7 Å². The van der Waals surface area contributed by atoms with E-state index in [2.05, 4.69) is 0 Å². The van der Waals surface area contributed by atoms with Crippen LogP contribution in [0, 0.1) is 24.0 Å². The highest BCUT2D eigenvalue weighted by Crippen LogP contribution is 2.38. The van der Waals surface area contributed by atoms with Crippen molar-refractivity contribution in [2.75, 3.05) is 6.79 Å². The van der Waals surface area contributed by atoms with Gasteiger partial charge in [-0.1, -0.05) is 17.7 Å². The Morgan fingerprint density at radius 3 is 2.55 bits per heavy atom. The molecule has 0 radical (unpaired) electrons. The Kier molecular flexibility index (Phi) is 5.63. The second kappa shape index (κ2) is 8.14. The number of rotatable bonds is 6. The van der Waals surface area contributed by atoms with Gasteiger partial charge in [-0.2, -0.15) is 0 Å². The first-order chi connectivity index (χ1) is 13.8. The Morgan fingerprint density at radius 2 is 1.86 bits per heavy atom. The SMILES string of the molecule is Cc1ccc(C)c(C(=O)[C@H](C)OC(=O)/C=C/c2cc3c(cc2[N+](=O)[O-])OCO3)c1. The first kappa shape index (κ1) is 20.1. The maximum Gasteiger partial charge on any atom is 0.331 e. The molecule has 0 saturated carbocycles. The summed E-state index contributed by atoms with van der Waals surface area (Å²) in [5, 5.41) is 11.3. The number of carbonyl (C=O) groups is 2. The second-order valence-corrected chi connectivity index (χ2v) is 6.62. The topological polar surface area (TPSA) is 105 Å². The van der Waals surface area contributed by atoms with E-state index in [0.29, 0.717) is 11.3 Å². The van der Waals surface area contributed by atoms with Gasteiger partial charge in [-0.25, -0.2) is 4.79 Å². The minimum absolute atomic E-state index is 0.0281. The van der Waals surface area contributed by atoms with E-state index in [1.807, 2.05) is 19.1 Å². The number of nitro benzene ring substituents is 1. The Morgan fingerprint density at radius 1 is 1.17 bits per heavy atom. The molecule has 8 nitrogen and oxygen atoms in total. The highest BCUT2D eigenvalue weighted by atomic mass is 16.7. The highest BCUT2D eigenvalue weighted by Gasteiger charge is 2.23. The third-order valence-corrected chi connectivity index (χ3v) is 4.44. The molecular formula is C21H19NO7. The van der Waals surface area contributed by atoms with E-state index >= 15 is 0 Å². The van der Waals surface area contributed by atoms with Crippen LogP contribution in [-0.2, 0) is 9.53 Å². The summed E-state index contributed by atoms with van der Waals surface area (Å²) in [4.78, 5) is 35.4. The Balaban J connectivity index is 1.74. The Bertz CT molecular complexity index is 1030. The van der Waals surface area contributed by atoms with Crippen LogP contribution in [-0.4, -0.2) is 29.6 Å². The summed E-state index contributed by atoms with van der Waals surface area (Å²) in [6, 6.07) is 8.11. The average molecular weight is 397 g/mol. The van der Waals surface area contributed by atoms with Gasteiger partial charge in [0, 0.05) is 11.6 Å². The monoisotopic (exact) mass is 397 g/mol. The van der Waals surface area contributed by atoms with Crippen molar-refractivity contribution >= 4 is 23.5 Å². The van der Waals surface area contributed by atoms with Crippen molar-refractivity contribution in [2.24, 2.45) is 0 Å². The summed E-state index contributed by atoms with van der Waals surface area (Å²) < 4.78 is 15.5. The van der Waals surface area contributed by atoms with Gasteiger partial charge in [0.05, 0.1) is 16.6 Å². The van der Waals surface area contributed by atoms with E-state index in [4.69, 9.17) is 14.2 Å². The summed E-state index contributed by atoms with van der Waals surface area (Å²) in [6.45, 7) is 5.13. The first-order valence-electron chi connectivity index (χ1n) is 8.84. The number of carbonyl (C=O) groups excluding carboxylic acids is 2. The minimum atomic E-state index is -1.00. The number of benzene rings is 2. The number of hydrogen-bond donors (Lipinski definition) is 0. The van der Waals surface area contributed by atoms with E-state index in [0.717, 1.165) is 17.2 Å². The van der Waals surface area contributed by atoms with Gasteiger partial charge in [-0.05, 0) is 44.5 Å². The zero-order valence-corrected chi connectivity index (χ0v) is 16.1. The molecule has 1 heterocycles. The molecular weight excluding hydrogens is 378 g/mol. The molecule has 0 spiro atoms. The molecule has 150 valence electrons. The van der Waals surface area contributed by atoms with E-state index in [1.165, 1.54) is 25.1 Å². The molecule has 0 fully saturated rings. The largest absolute Gasteiger partial charge is 0.454 e. The van der Waals surface area contributed by atoms with Crippen LogP contribution in [0.25, 0.3) is 6.08 Å². The van der Waals surface area contributed by atoms with Crippen molar-refractivity contribution in [3.63, 3.8) is 0 Å². The molecule has 8 heteroatoms. The van der Waals surface area contributed by atoms with Crippen LogP contribution in [0.3, 0.4) is 0 Å². The Hall–Kier alpha value is -3.68. The summed E-state index contributed by atoms with van der Waals surface area (Å²) in [6.07, 6.45) is 1.29. The quantitative estimate of drug-likeness (QED) is 0.240. The summed E-state index contributed by atoms with van der Waals surface area (Å²) in [5.41, 5.74) is 2.12. The van der Waals surface area contributed by atoms with Crippen LogP contribution < -0.4 is 9.47 Å². The van der Waals surface area contributed by atoms with Crippen LogP contribution in [0.1, 0.15) is 34.0 Å². The third-order valence-electron chi connectivity index (χ3n) is 4.44. The molecule has 2 aromatic carbocycles. The first-order valence-corrected chi connectivity index (χ1v) is 8.84. The van der Waals surface area contributed by atoms with Gasteiger partial charge in [0.1, 0.15) is 0 Å². The second-order valence-electron chi connectivity index (χ2n) is 6.62. The minimum Gasteiger partial charge on any atom is -0.454 e. The zero-order valence-electron chi connectivity index (χ0n) is 16.1. The predicted octanol–water partition coefficient (Wildman–Crippen LogP) is 3.77. The number of Topliss-reactive ketones (excluding diaryl/α,β-unsaturated/α-hetero) is 1. The van der Waals surface area contributed by atoms with Gasteiger partial charge in [0.15, 0.2) is 17.6 Å². The van der Waals surface area contributed by atoms with Crippen LogP contribution >= 0.6 is 0 Å². The van der Waals surface area contributed by atoms with Crippen LogP contribution in [0.15, 0.2) is 36.4 Å². The molecule has 1 atom stereocenters. The van der Waals surface area contributed by atoms with Crippen molar-refractivity contribution in [1.82, 2.24) is 0 Å². The van der Waals surface area contributed by atoms with Crippen molar-refractivity contribution in [1.29, 1.82) is 0 Å². The number of hydrogen-bond acceptors (Lipinski definition) is 7. The summed E-state index contributed by atoms with van der Waals surface area (Å²) in [7, 11) is 0. The fraction of sp³-hybridized carbons (Fsp3) is 0.238. The van der Waals surface area contributed by atoms with Gasteiger partial charge < -0.3 is 14.2 Å². The lowest BCUT2D eigenvalue weighted by atomic mass is 9.99. The standard InChI is InChI=1S/C21H19NO7/c1-12-4-5-13(2)16(8-12)21(24)14(3)29-20(23)7-6-15-9-18-19(28-11-27-18)10-17(15)22(25)26/h4-10,14H,11H2,1-3H3/b7-6+/t14-/m0/s1. The number of ether oxygens (including phenoxy) is 3. The number of esters is 1. The maximum absolute atomic E-state index is 12.6. The van der Waals surface area contributed by atoms with E-state index in [1.54, 1.807) is 13.0 Å². The number of ketones is 1. The van der Waals surface area contributed by atoms with Crippen LogP contribution in [0.2, 0.25) is 0 Å². The van der Waals surface area contributed by atoms with Crippen LogP contribution in [0.4, 0.5) is 5.69 Å². The van der Waals surface area contributed by atoms with Gasteiger partial charge in [0.2, 0.25) is 12.6 Å². The van der Waals surface area contributed by atoms with Gasteiger partial charge in [-0.3, -0.25) is 14.9 Å². The predicted molar refractivity (Wildman–Crippen MR) is 104 cm³/mol.